The van der Waals surface area contributed by atoms with Crippen LogP contribution >= 0.6 is 0 Å². The number of halogens is 1. The number of nitro benzene ring substituents is 1. The molecule has 5 heteroatoms. The van der Waals surface area contributed by atoms with Gasteiger partial charge in [0, 0.05) is 24.7 Å². The number of nitrogens with one attached hydrogen (secondary N) is 1. The lowest BCUT2D eigenvalue weighted by Crippen LogP contribution is -2.29. The molecule has 0 saturated carbocycles. The van der Waals surface area contributed by atoms with Gasteiger partial charge in [-0.2, -0.15) is 4.39 Å². The first-order chi connectivity index (χ1) is 9.87. The summed E-state index contributed by atoms with van der Waals surface area (Å²) in [6, 6.07) is 4.29. The average molecular weight is 296 g/mol. The van der Waals surface area contributed by atoms with Crippen molar-refractivity contribution in [1.82, 2.24) is 5.32 Å². The van der Waals surface area contributed by atoms with E-state index in [9.17, 15) is 14.5 Å². The van der Waals surface area contributed by atoms with Crippen LogP contribution in [-0.4, -0.2) is 11.5 Å². The highest BCUT2D eigenvalue weighted by Gasteiger charge is 2.19. The van der Waals surface area contributed by atoms with Gasteiger partial charge < -0.3 is 5.32 Å². The van der Waals surface area contributed by atoms with Crippen molar-refractivity contribution in [3.63, 3.8) is 0 Å². The summed E-state index contributed by atoms with van der Waals surface area (Å²) in [6.07, 6.45) is 4.73. The fraction of sp³-hybridized carbons (Fsp3) is 0.625. The summed E-state index contributed by atoms with van der Waals surface area (Å²) in [5, 5.41) is 13.9. The maximum atomic E-state index is 13.9. The molecule has 0 fully saturated rings. The molecule has 0 atom stereocenters. The van der Waals surface area contributed by atoms with Crippen molar-refractivity contribution in [3.8, 4) is 0 Å². The van der Waals surface area contributed by atoms with Gasteiger partial charge in [-0.25, -0.2) is 0 Å². The van der Waals surface area contributed by atoms with Gasteiger partial charge in [0.2, 0.25) is 5.82 Å². The van der Waals surface area contributed by atoms with Gasteiger partial charge >= 0.3 is 5.69 Å². The summed E-state index contributed by atoms with van der Waals surface area (Å²) in [5.41, 5.74) is 0.0249. The molecule has 1 rings (SSSR count). The van der Waals surface area contributed by atoms with Gasteiger partial charge in [-0.1, -0.05) is 52.2 Å². The van der Waals surface area contributed by atoms with Gasteiger partial charge in [-0.05, 0) is 11.8 Å². The highest BCUT2D eigenvalue weighted by atomic mass is 19.1. The number of hydrogen-bond donors (Lipinski definition) is 1. The zero-order chi connectivity index (χ0) is 15.9. The minimum atomic E-state index is -0.737. The second kappa shape index (κ2) is 8.08. The first kappa shape index (κ1) is 17.6. The normalized spacial score (nSPS) is 11.6. The van der Waals surface area contributed by atoms with Crippen LogP contribution in [0.25, 0.3) is 0 Å². The van der Waals surface area contributed by atoms with Crippen LogP contribution in [0.3, 0.4) is 0 Å². The van der Waals surface area contributed by atoms with Crippen molar-refractivity contribution in [2.75, 3.05) is 6.54 Å². The molecular formula is C16H25FN2O2. The number of nitrogens with zero attached hydrogens (tertiary/aromatic N) is 1. The maximum absolute atomic E-state index is 13.9. The lowest BCUT2D eigenvalue weighted by atomic mass is 9.87. The minimum absolute atomic E-state index is 0.145. The smallest absolute Gasteiger partial charge is 0.305 e. The molecule has 0 heterocycles. The first-order valence-corrected chi connectivity index (χ1v) is 7.50. The third-order valence-corrected chi connectivity index (χ3v) is 3.63. The molecule has 0 aliphatic heterocycles. The molecular weight excluding hydrogens is 271 g/mol. The van der Waals surface area contributed by atoms with Crippen LogP contribution in [0, 0.1) is 21.3 Å². The number of nitro groups is 1. The van der Waals surface area contributed by atoms with E-state index in [1.165, 1.54) is 31.4 Å². The Morgan fingerprint density at radius 2 is 2.05 bits per heavy atom. The van der Waals surface area contributed by atoms with Crippen LogP contribution in [0.1, 0.15) is 52.0 Å². The molecule has 0 aliphatic carbocycles. The number of benzene rings is 1. The predicted molar refractivity (Wildman–Crippen MR) is 82.7 cm³/mol. The largest absolute Gasteiger partial charge is 0.312 e. The molecule has 0 spiro atoms. The summed E-state index contributed by atoms with van der Waals surface area (Å²) in [4.78, 5) is 10.0. The van der Waals surface area contributed by atoms with Crippen molar-refractivity contribution in [2.24, 2.45) is 5.41 Å². The Morgan fingerprint density at radius 3 is 2.67 bits per heavy atom. The molecule has 0 bridgehead atoms. The Balaban J connectivity index is 2.52. The van der Waals surface area contributed by atoms with E-state index >= 15 is 0 Å². The van der Waals surface area contributed by atoms with Crippen LogP contribution in [0.2, 0.25) is 0 Å². The first-order valence-electron chi connectivity index (χ1n) is 7.50. The highest BCUT2D eigenvalue weighted by Crippen LogP contribution is 2.24. The van der Waals surface area contributed by atoms with Gasteiger partial charge in [0.05, 0.1) is 4.92 Å². The van der Waals surface area contributed by atoms with Crippen LogP contribution in [-0.2, 0) is 6.54 Å². The molecule has 21 heavy (non-hydrogen) atoms. The average Bonchev–Trinajstić information content (AvgIpc) is 2.40. The highest BCUT2D eigenvalue weighted by molar-refractivity contribution is 5.36. The van der Waals surface area contributed by atoms with Crippen LogP contribution < -0.4 is 5.32 Å². The lowest BCUT2D eigenvalue weighted by molar-refractivity contribution is -0.387. The van der Waals surface area contributed by atoms with E-state index in [1.54, 1.807) is 6.07 Å². The van der Waals surface area contributed by atoms with Crippen molar-refractivity contribution >= 4 is 5.69 Å². The van der Waals surface area contributed by atoms with E-state index in [-0.39, 0.29) is 5.41 Å². The second-order valence-electron chi connectivity index (χ2n) is 6.23. The maximum Gasteiger partial charge on any atom is 0.305 e. The SMILES string of the molecule is CCCCCC(C)(C)CNCc1cccc([N+](=O)[O-])c1F. The third kappa shape index (κ3) is 5.79. The van der Waals surface area contributed by atoms with E-state index < -0.39 is 16.4 Å². The molecule has 4 nitrogen and oxygen atoms in total. The van der Waals surface area contributed by atoms with Gasteiger partial charge in [0.25, 0.3) is 0 Å². The molecule has 0 amide bonds. The van der Waals surface area contributed by atoms with Crippen molar-refractivity contribution < 1.29 is 9.31 Å². The standard InChI is InChI=1S/C16H25FN2O2/c1-4-5-6-10-16(2,3)12-18-11-13-8-7-9-14(15(13)17)19(20)21/h7-9,18H,4-6,10-12H2,1-3H3. The molecule has 1 N–H and O–H groups in total. The number of hydrogen-bond acceptors (Lipinski definition) is 3. The number of rotatable bonds is 9. The molecule has 0 aromatic heterocycles. The quantitative estimate of drug-likeness (QED) is 0.416. The summed E-state index contributed by atoms with van der Waals surface area (Å²) in [5.74, 6) is -0.737. The monoisotopic (exact) mass is 296 g/mol. The van der Waals surface area contributed by atoms with E-state index in [1.807, 2.05) is 0 Å². The van der Waals surface area contributed by atoms with Gasteiger partial charge in [0.15, 0.2) is 0 Å². The zero-order valence-corrected chi connectivity index (χ0v) is 13.1. The van der Waals surface area contributed by atoms with Gasteiger partial charge in [0.1, 0.15) is 0 Å². The summed E-state index contributed by atoms with van der Waals surface area (Å²) >= 11 is 0. The fourth-order valence-electron chi connectivity index (χ4n) is 2.32. The Kier molecular flexibility index (Phi) is 6.75. The van der Waals surface area contributed by atoms with Crippen LogP contribution in [0.5, 0.6) is 0 Å². The summed E-state index contributed by atoms with van der Waals surface area (Å²) < 4.78 is 13.9. The molecule has 1 aromatic carbocycles. The third-order valence-electron chi connectivity index (χ3n) is 3.63. The van der Waals surface area contributed by atoms with Crippen LogP contribution in [0.15, 0.2) is 18.2 Å². The van der Waals surface area contributed by atoms with E-state index in [0.29, 0.717) is 12.1 Å². The van der Waals surface area contributed by atoms with E-state index in [4.69, 9.17) is 0 Å². The number of unbranched alkanes of at least 4 members (excludes halogenated alkanes) is 2. The fourth-order valence-corrected chi connectivity index (χ4v) is 2.32. The summed E-state index contributed by atoms with van der Waals surface area (Å²) in [7, 11) is 0. The van der Waals surface area contributed by atoms with E-state index in [0.717, 1.165) is 13.0 Å². The van der Waals surface area contributed by atoms with Gasteiger partial charge in [-0.3, -0.25) is 10.1 Å². The molecule has 0 unspecified atom stereocenters. The predicted octanol–water partition coefficient (Wildman–Crippen LogP) is 4.43. The minimum Gasteiger partial charge on any atom is -0.312 e. The summed E-state index contributed by atoms with van der Waals surface area (Å²) in [6.45, 7) is 7.61. The molecule has 0 radical (unpaired) electrons. The molecule has 1 aromatic rings. The topological polar surface area (TPSA) is 55.2 Å². The Bertz CT molecular complexity index is 475. The van der Waals surface area contributed by atoms with Crippen LogP contribution in [0.4, 0.5) is 10.1 Å². The molecule has 0 saturated heterocycles. The zero-order valence-electron chi connectivity index (χ0n) is 13.1. The van der Waals surface area contributed by atoms with Crippen molar-refractivity contribution in [2.45, 2.75) is 53.0 Å². The second-order valence-corrected chi connectivity index (χ2v) is 6.23. The van der Waals surface area contributed by atoms with Gasteiger partial charge in [-0.15, -0.1) is 0 Å². The molecule has 118 valence electrons. The Labute approximate surface area is 125 Å². The van der Waals surface area contributed by atoms with Crippen molar-refractivity contribution in [1.29, 1.82) is 0 Å². The van der Waals surface area contributed by atoms with E-state index in [2.05, 4.69) is 26.1 Å². The Hall–Kier alpha value is -1.49. The Morgan fingerprint density at radius 1 is 1.33 bits per heavy atom. The van der Waals surface area contributed by atoms with Crippen molar-refractivity contribution in [3.05, 3.63) is 39.7 Å². The molecule has 0 aliphatic rings. The lowest BCUT2D eigenvalue weighted by Gasteiger charge is -2.25.